The summed E-state index contributed by atoms with van der Waals surface area (Å²) in [6, 6.07) is 13.3. The average Bonchev–Trinajstić information content (AvgIpc) is 3.07. The van der Waals surface area contributed by atoms with Crippen LogP contribution < -0.4 is 15.5 Å². The Kier molecular flexibility index (Phi) is 5.47. The topological polar surface area (TPSA) is 61.4 Å². The van der Waals surface area contributed by atoms with Gasteiger partial charge >= 0.3 is 0 Å². The molecule has 0 spiro atoms. The van der Waals surface area contributed by atoms with Gasteiger partial charge in [0, 0.05) is 30.8 Å². The van der Waals surface area contributed by atoms with Crippen LogP contribution in [0, 0.1) is 0 Å². The van der Waals surface area contributed by atoms with Crippen molar-refractivity contribution in [2.45, 2.75) is 25.7 Å². The molecule has 0 radical (unpaired) electrons. The number of benzene rings is 2. The van der Waals surface area contributed by atoms with Crippen molar-refractivity contribution < 1.29 is 9.59 Å². The van der Waals surface area contributed by atoms with Crippen LogP contribution in [0.15, 0.2) is 42.5 Å². The first-order chi connectivity index (χ1) is 12.2. The van der Waals surface area contributed by atoms with Crippen LogP contribution >= 0.6 is 12.4 Å². The molecule has 2 aromatic carbocycles. The minimum absolute atomic E-state index is 0. The third kappa shape index (κ3) is 3.40. The first-order valence-electron chi connectivity index (χ1n) is 8.80. The largest absolute Gasteiger partial charge is 0.385 e. The number of fused-ring (bicyclic) bond motifs is 1. The second kappa shape index (κ2) is 7.79. The molecule has 0 aromatic heterocycles. The summed E-state index contributed by atoms with van der Waals surface area (Å²) in [5.74, 6) is -0.0114. The Hall–Kier alpha value is -2.53. The molecule has 4 rings (SSSR count). The summed E-state index contributed by atoms with van der Waals surface area (Å²) >= 11 is 0. The smallest absolute Gasteiger partial charge is 0.256 e. The zero-order valence-electron chi connectivity index (χ0n) is 14.5. The SMILES string of the molecule is Cl.O=C(Nc1ccccc1N1CCCC1=O)c1cccc2c1CCCN2. The molecular weight excluding hydrogens is 350 g/mol. The van der Waals surface area contributed by atoms with E-state index in [9.17, 15) is 9.59 Å². The lowest BCUT2D eigenvalue weighted by Gasteiger charge is -2.22. The lowest BCUT2D eigenvalue weighted by Crippen LogP contribution is -2.26. The second-order valence-corrected chi connectivity index (χ2v) is 6.48. The zero-order valence-corrected chi connectivity index (χ0v) is 15.3. The summed E-state index contributed by atoms with van der Waals surface area (Å²) in [6.45, 7) is 1.65. The van der Waals surface area contributed by atoms with Crippen LogP contribution in [0.3, 0.4) is 0 Å². The standard InChI is InChI=1S/C20H21N3O2.ClH/c24-19-11-5-13-23(19)18-10-2-1-8-17(18)22-20(25)15-6-3-9-16-14(15)7-4-12-21-16;/h1-3,6,8-10,21H,4-5,7,11-13H2,(H,22,25);1H. The van der Waals surface area contributed by atoms with E-state index in [1.165, 1.54) is 0 Å². The highest BCUT2D eigenvalue weighted by atomic mass is 35.5. The number of rotatable bonds is 3. The first-order valence-corrected chi connectivity index (χ1v) is 8.80. The molecule has 1 saturated heterocycles. The molecule has 2 N–H and O–H groups in total. The van der Waals surface area contributed by atoms with Crippen LogP contribution in [-0.4, -0.2) is 24.9 Å². The minimum Gasteiger partial charge on any atom is -0.385 e. The predicted octanol–water partition coefficient (Wildman–Crippen LogP) is 3.85. The van der Waals surface area contributed by atoms with E-state index in [2.05, 4.69) is 10.6 Å². The number of amides is 2. The molecule has 136 valence electrons. The molecule has 26 heavy (non-hydrogen) atoms. The van der Waals surface area contributed by atoms with Gasteiger partial charge in [-0.05, 0) is 49.1 Å². The van der Waals surface area contributed by atoms with Crippen LogP contribution in [0.2, 0.25) is 0 Å². The van der Waals surface area contributed by atoms with Crippen molar-refractivity contribution in [3.8, 4) is 0 Å². The Labute approximate surface area is 159 Å². The lowest BCUT2D eigenvalue weighted by molar-refractivity contribution is -0.117. The van der Waals surface area contributed by atoms with Gasteiger partial charge in [0.1, 0.15) is 0 Å². The highest BCUT2D eigenvalue weighted by Crippen LogP contribution is 2.31. The minimum atomic E-state index is -0.125. The number of carbonyl (C=O) groups excluding carboxylic acids is 2. The Morgan fingerprint density at radius 3 is 2.69 bits per heavy atom. The summed E-state index contributed by atoms with van der Waals surface area (Å²) in [6.07, 6.45) is 3.35. The summed E-state index contributed by atoms with van der Waals surface area (Å²) in [5.41, 5.74) is 4.28. The second-order valence-electron chi connectivity index (χ2n) is 6.48. The zero-order chi connectivity index (χ0) is 17.2. The molecule has 0 bridgehead atoms. The summed E-state index contributed by atoms with van der Waals surface area (Å²) in [5, 5.41) is 6.36. The molecule has 2 amide bonds. The Morgan fingerprint density at radius 1 is 1.04 bits per heavy atom. The van der Waals surface area contributed by atoms with Crippen LogP contribution in [0.25, 0.3) is 0 Å². The molecule has 1 fully saturated rings. The fourth-order valence-electron chi connectivity index (χ4n) is 3.63. The Morgan fingerprint density at radius 2 is 1.88 bits per heavy atom. The van der Waals surface area contributed by atoms with Crippen molar-refractivity contribution in [2.24, 2.45) is 0 Å². The van der Waals surface area contributed by atoms with Gasteiger partial charge in [0.2, 0.25) is 5.91 Å². The summed E-state index contributed by atoms with van der Waals surface area (Å²) < 4.78 is 0. The van der Waals surface area contributed by atoms with Crippen molar-refractivity contribution in [1.82, 2.24) is 0 Å². The molecule has 0 saturated carbocycles. The number of para-hydroxylation sites is 2. The maximum Gasteiger partial charge on any atom is 0.256 e. The van der Waals surface area contributed by atoms with E-state index in [-0.39, 0.29) is 24.2 Å². The van der Waals surface area contributed by atoms with Crippen LogP contribution in [0.1, 0.15) is 35.2 Å². The maximum absolute atomic E-state index is 12.9. The van der Waals surface area contributed by atoms with Gasteiger partial charge in [0.15, 0.2) is 0 Å². The molecule has 2 aromatic rings. The van der Waals surface area contributed by atoms with Gasteiger partial charge in [-0.15, -0.1) is 12.4 Å². The molecule has 5 nitrogen and oxygen atoms in total. The van der Waals surface area contributed by atoms with Crippen molar-refractivity contribution in [3.63, 3.8) is 0 Å². The van der Waals surface area contributed by atoms with E-state index in [1.807, 2.05) is 42.5 Å². The van der Waals surface area contributed by atoms with Crippen LogP contribution in [-0.2, 0) is 11.2 Å². The molecule has 2 aliphatic heterocycles. The van der Waals surface area contributed by atoms with E-state index >= 15 is 0 Å². The monoisotopic (exact) mass is 371 g/mol. The van der Waals surface area contributed by atoms with E-state index in [0.29, 0.717) is 24.2 Å². The Balaban J connectivity index is 0.00000196. The van der Waals surface area contributed by atoms with Gasteiger partial charge in [0.05, 0.1) is 11.4 Å². The molecule has 0 atom stereocenters. The normalized spacial score (nSPS) is 15.7. The summed E-state index contributed by atoms with van der Waals surface area (Å²) in [7, 11) is 0. The van der Waals surface area contributed by atoms with Gasteiger partial charge in [-0.2, -0.15) is 0 Å². The van der Waals surface area contributed by atoms with E-state index < -0.39 is 0 Å². The molecule has 0 unspecified atom stereocenters. The fourth-order valence-corrected chi connectivity index (χ4v) is 3.63. The van der Waals surface area contributed by atoms with Crippen molar-refractivity contribution >= 4 is 41.3 Å². The number of hydrogen-bond donors (Lipinski definition) is 2. The maximum atomic E-state index is 12.9. The molecule has 6 heteroatoms. The van der Waals surface area contributed by atoms with Gasteiger partial charge in [-0.25, -0.2) is 0 Å². The Bertz CT molecular complexity index is 838. The van der Waals surface area contributed by atoms with Crippen molar-refractivity contribution in [3.05, 3.63) is 53.6 Å². The number of halogens is 1. The number of anilines is 3. The van der Waals surface area contributed by atoms with E-state index in [1.54, 1.807) is 4.90 Å². The van der Waals surface area contributed by atoms with Gasteiger partial charge in [-0.3, -0.25) is 9.59 Å². The third-order valence-electron chi connectivity index (χ3n) is 4.86. The lowest BCUT2D eigenvalue weighted by atomic mass is 9.97. The van der Waals surface area contributed by atoms with Crippen molar-refractivity contribution in [2.75, 3.05) is 28.6 Å². The van der Waals surface area contributed by atoms with Gasteiger partial charge in [-0.1, -0.05) is 18.2 Å². The van der Waals surface area contributed by atoms with Gasteiger partial charge < -0.3 is 15.5 Å². The third-order valence-corrected chi connectivity index (χ3v) is 4.86. The van der Waals surface area contributed by atoms with Crippen LogP contribution in [0.5, 0.6) is 0 Å². The average molecular weight is 372 g/mol. The highest BCUT2D eigenvalue weighted by molar-refractivity contribution is 6.09. The fraction of sp³-hybridized carbons (Fsp3) is 0.300. The van der Waals surface area contributed by atoms with Crippen LogP contribution in [0.4, 0.5) is 17.1 Å². The van der Waals surface area contributed by atoms with E-state index in [0.717, 1.165) is 42.7 Å². The highest BCUT2D eigenvalue weighted by Gasteiger charge is 2.25. The number of carbonyl (C=O) groups is 2. The van der Waals surface area contributed by atoms with Crippen molar-refractivity contribution in [1.29, 1.82) is 0 Å². The number of nitrogens with zero attached hydrogens (tertiary/aromatic N) is 1. The molecule has 0 aliphatic carbocycles. The molecule has 2 heterocycles. The molecule has 2 aliphatic rings. The van der Waals surface area contributed by atoms with Gasteiger partial charge in [0.25, 0.3) is 5.91 Å². The number of nitrogens with one attached hydrogen (secondary N) is 2. The van der Waals surface area contributed by atoms with E-state index in [4.69, 9.17) is 0 Å². The summed E-state index contributed by atoms with van der Waals surface area (Å²) in [4.78, 5) is 26.7. The number of hydrogen-bond acceptors (Lipinski definition) is 3. The predicted molar refractivity (Wildman–Crippen MR) is 106 cm³/mol. The quantitative estimate of drug-likeness (QED) is 0.861. The molecular formula is C20H22ClN3O2. The first kappa shape index (κ1) is 18.3.